The van der Waals surface area contributed by atoms with E-state index >= 15 is 0 Å². The van der Waals surface area contributed by atoms with E-state index in [1.165, 1.54) is 0 Å². The van der Waals surface area contributed by atoms with Crippen molar-refractivity contribution >= 4 is 23.3 Å². The molecule has 0 heterocycles. The lowest BCUT2D eigenvalue weighted by Gasteiger charge is -2.43. The smallest absolute Gasteiger partial charge is 0.252 e. The van der Waals surface area contributed by atoms with Crippen molar-refractivity contribution < 1.29 is 14.7 Å². The zero-order valence-electron chi connectivity index (χ0n) is 14.5. The van der Waals surface area contributed by atoms with Gasteiger partial charge in [-0.1, -0.05) is 50.9 Å². The molecule has 2 rings (SSSR count). The minimum atomic E-state index is -1.41. The SMILES string of the molecule is CC1CCC(C(C)C)C(O)(C(=O)NCC(=O)c2ccccc2Cl)C1. The fourth-order valence-electron chi connectivity index (χ4n) is 3.73. The molecule has 3 unspecified atom stereocenters. The van der Waals surface area contributed by atoms with Gasteiger partial charge in [-0.15, -0.1) is 0 Å². The highest BCUT2D eigenvalue weighted by molar-refractivity contribution is 6.34. The predicted octanol–water partition coefficient (Wildman–Crippen LogP) is 3.46. The molecule has 0 aromatic heterocycles. The van der Waals surface area contributed by atoms with E-state index < -0.39 is 11.5 Å². The summed E-state index contributed by atoms with van der Waals surface area (Å²) < 4.78 is 0. The van der Waals surface area contributed by atoms with Gasteiger partial charge < -0.3 is 10.4 Å². The Morgan fingerprint density at radius 3 is 2.62 bits per heavy atom. The number of halogens is 1. The van der Waals surface area contributed by atoms with E-state index in [0.717, 1.165) is 12.8 Å². The summed E-state index contributed by atoms with van der Waals surface area (Å²) in [5.74, 6) is -0.317. The third-order valence-electron chi connectivity index (χ3n) is 5.03. The number of carbonyl (C=O) groups excluding carboxylic acids is 2. The standard InChI is InChI=1S/C19H26ClNO3/c1-12(2)15-9-8-13(3)10-19(15,24)18(23)21-11-17(22)14-6-4-5-7-16(14)20/h4-7,12-13,15,24H,8-11H2,1-3H3,(H,21,23). The first-order valence-corrected chi connectivity index (χ1v) is 8.92. The van der Waals surface area contributed by atoms with Crippen LogP contribution in [0.15, 0.2) is 24.3 Å². The van der Waals surface area contributed by atoms with Crippen molar-refractivity contribution in [2.45, 2.75) is 45.6 Å². The van der Waals surface area contributed by atoms with Crippen molar-refractivity contribution in [2.75, 3.05) is 6.54 Å². The molecule has 4 nitrogen and oxygen atoms in total. The van der Waals surface area contributed by atoms with E-state index in [4.69, 9.17) is 11.6 Å². The fourth-order valence-corrected chi connectivity index (χ4v) is 3.97. The van der Waals surface area contributed by atoms with Crippen LogP contribution in [0.2, 0.25) is 5.02 Å². The van der Waals surface area contributed by atoms with Crippen LogP contribution in [0, 0.1) is 17.8 Å². The van der Waals surface area contributed by atoms with Crippen molar-refractivity contribution in [3.8, 4) is 0 Å². The van der Waals surface area contributed by atoms with Gasteiger partial charge in [-0.25, -0.2) is 0 Å². The van der Waals surface area contributed by atoms with Gasteiger partial charge in [-0.05, 0) is 42.7 Å². The van der Waals surface area contributed by atoms with E-state index in [9.17, 15) is 14.7 Å². The van der Waals surface area contributed by atoms with E-state index in [-0.39, 0.29) is 30.1 Å². The van der Waals surface area contributed by atoms with Crippen LogP contribution in [-0.2, 0) is 4.79 Å². The predicted molar refractivity (Wildman–Crippen MR) is 95.1 cm³/mol. The van der Waals surface area contributed by atoms with Gasteiger partial charge in [0.05, 0.1) is 11.6 Å². The molecular weight excluding hydrogens is 326 g/mol. The van der Waals surface area contributed by atoms with Crippen molar-refractivity contribution in [2.24, 2.45) is 17.8 Å². The quantitative estimate of drug-likeness (QED) is 0.798. The maximum Gasteiger partial charge on any atom is 0.252 e. The number of aliphatic hydroxyl groups is 1. The second-order valence-corrected chi connectivity index (χ2v) is 7.65. The first kappa shape index (κ1) is 18.9. The molecule has 1 aromatic rings. The summed E-state index contributed by atoms with van der Waals surface area (Å²) in [5, 5.41) is 14.0. The van der Waals surface area contributed by atoms with Crippen molar-refractivity contribution in [1.82, 2.24) is 5.32 Å². The molecule has 0 aliphatic heterocycles. The van der Waals surface area contributed by atoms with Crippen LogP contribution in [0.4, 0.5) is 0 Å². The van der Waals surface area contributed by atoms with E-state index in [1.54, 1.807) is 24.3 Å². The molecule has 1 aromatic carbocycles. The summed E-state index contributed by atoms with van der Waals surface area (Å²) in [6.45, 7) is 5.93. The average Bonchev–Trinajstić information content (AvgIpc) is 2.52. The summed E-state index contributed by atoms with van der Waals surface area (Å²) >= 11 is 6.01. The lowest BCUT2D eigenvalue weighted by molar-refractivity contribution is -0.155. The topological polar surface area (TPSA) is 66.4 Å². The Morgan fingerprint density at radius 1 is 1.33 bits per heavy atom. The molecule has 0 saturated heterocycles. The van der Waals surface area contributed by atoms with Gasteiger partial charge in [0.2, 0.25) is 0 Å². The monoisotopic (exact) mass is 351 g/mol. The van der Waals surface area contributed by atoms with Crippen LogP contribution in [0.25, 0.3) is 0 Å². The van der Waals surface area contributed by atoms with Crippen LogP contribution in [0.5, 0.6) is 0 Å². The first-order valence-electron chi connectivity index (χ1n) is 8.54. The van der Waals surface area contributed by atoms with Crippen LogP contribution < -0.4 is 5.32 Å². The number of ketones is 1. The second kappa shape index (κ2) is 7.66. The minimum absolute atomic E-state index is 0.0934. The highest BCUT2D eigenvalue weighted by atomic mass is 35.5. The Labute approximate surface area is 148 Å². The van der Waals surface area contributed by atoms with Crippen LogP contribution in [0.3, 0.4) is 0 Å². The van der Waals surface area contributed by atoms with Gasteiger partial charge >= 0.3 is 0 Å². The second-order valence-electron chi connectivity index (χ2n) is 7.25. The van der Waals surface area contributed by atoms with Crippen molar-refractivity contribution in [3.05, 3.63) is 34.9 Å². The highest BCUT2D eigenvalue weighted by Gasteiger charge is 2.48. The zero-order chi connectivity index (χ0) is 17.9. The molecule has 2 N–H and O–H groups in total. The molecule has 3 atom stereocenters. The number of amides is 1. The summed E-state index contributed by atoms with van der Waals surface area (Å²) in [7, 11) is 0. The summed E-state index contributed by atoms with van der Waals surface area (Å²) in [4.78, 5) is 24.9. The third-order valence-corrected chi connectivity index (χ3v) is 5.35. The summed E-state index contributed by atoms with van der Waals surface area (Å²) in [6.07, 6.45) is 2.26. The molecule has 132 valence electrons. The lowest BCUT2D eigenvalue weighted by Crippen LogP contribution is -2.57. The Morgan fingerprint density at radius 2 is 2.00 bits per heavy atom. The van der Waals surface area contributed by atoms with Gasteiger partial charge in [0.1, 0.15) is 5.60 Å². The minimum Gasteiger partial charge on any atom is -0.380 e. The normalized spacial score (nSPS) is 27.1. The molecule has 24 heavy (non-hydrogen) atoms. The maximum absolute atomic E-state index is 12.7. The summed E-state index contributed by atoms with van der Waals surface area (Å²) in [6, 6.07) is 6.75. The average molecular weight is 352 g/mol. The number of nitrogens with one attached hydrogen (secondary N) is 1. The van der Waals surface area contributed by atoms with Gasteiger partial charge in [-0.3, -0.25) is 9.59 Å². The number of benzene rings is 1. The molecule has 1 fully saturated rings. The number of Topliss-reactive ketones (excluding diaryl/α,β-unsaturated/α-hetero) is 1. The van der Waals surface area contributed by atoms with E-state index in [2.05, 4.69) is 5.32 Å². The van der Waals surface area contributed by atoms with Gasteiger partial charge in [0.25, 0.3) is 5.91 Å². The van der Waals surface area contributed by atoms with Crippen molar-refractivity contribution in [1.29, 1.82) is 0 Å². The molecule has 1 saturated carbocycles. The molecule has 5 heteroatoms. The largest absolute Gasteiger partial charge is 0.380 e. The van der Waals surface area contributed by atoms with Crippen molar-refractivity contribution in [3.63, 3.8) is 0 Å². The fraction of sp³-hybridized carbons (Fsp3) is 0.579. The lowest BCUT2D eigenvalue weighted by atomic mass is 9.66. The Kier molecular flexibility index (Phi) is 6.05. The van der Waals surface area contributed by atoms with Gasteiger partial charge in [0, 0.05) is 5.56 Å². The Bertz CT molecular complexity index is 616. The zero-order valence-corrected chi connectivity index (χ0v) is 15.3. The Hall–Kier alpha value is -1.39. The molecule has 0 bridgehead atoms. The number of carbonyl (C=O) groups is 2. The first-order chi connectivity index (χ1) is 11.3. The maximum atomic E-state index is 12.7. The van der Waals surface area contributed by atoms with Crippen LogP contribution in [-0.4, -0.2) is 28.9 Å². The molecule has 1 aliphatic rings. The van der Waals surface area contributed by atoms with E-state index in [1.807, 2.05) is 20.8 Å². The molecule has 1 aliphatic carbocycles. The van der Waals surface area contributed by atoms with Gasteiger partial charge in [0.15, 0.2) is 5.78 Å². The molecular formula is C19H26ClNO3. The Balaban J connectivity index is 2.07. The van der Waals surface area contributed by atoms with Crippen LogP contribution >= 0.6 is 11.6 Å². The number of hydrogen-bond acceptors (Lipinski definition) is 3. The number of rotatable bonds is 5. The van der Waals surface area contributed by atoms with Crippen LogP contribution in [0.1, 0.15) is 50.4 Å². The highest BCUT2D eigenvalue weighted by Crippen LogP contribution is 2.41. The number of hydrogen-bond donors (Lipinski definition) is 2. The molecule has 0 spiro atoms. The van der Waals surface area contributed by atoms with Gasteiger partial charge in [-0.2, -0.15) is 0 Å². The molecule has 1 amide bonds. The van der Waals surface area contributed by atoms with E-state index in [0.29, 0.717) is 17.0 Å². The molecule has 0 radical (unpaired) electrons. The summed E-state index contributed by atoms with van der Waals surface area (Å²) in [5.41, 5.74) is -1.03. The third kappa shape index (κ3) is 3.98.